The third kappa shape index (κ3) is 2.22. The molecule has 4 rings (SSSR count). The van der Waals surface area contributed by atoms with Gasteiger partial charge in [-0.3, -0.25) is 0 Å². The van der Waals surface area contributed by atoms with E-state index in [1.807, 2.05) is 5.57 Å². The van der Waals surface area contributed by atoms with Gasteiger partial charge >= 0.3 is 0 Å². The minimum absolute atomic E-state index is 0.562. The molecule has 0 amide bonds. The maximum Gasteiger partial charge on any atom is -0.00851 e. The van der Waals surface area contributed by atoms with Gasteiger partial charge in [-0.1, -0.05) is 46.3 Å². The fraction of sp³-hybridized carbons (Fsp3) is 0.913. The summed E-state index contributed by atoms with van der Waals surface area (Å²) >= 11 is 0. The van der Waals surface area contributed by atoms with E-state index in [-0.39, 0.29) is 0 Å². The predicted molar refractivity (Wildman–Crippen MR) is 99.2 cm³/mol. The number of rotatable bonds is 1. The van der Waals surface area contributed by atoms with Crippen LogP contribution in [0.2, 0.25) is 0 Å². The van der Waals surface area contributed by atoms with Gasteiger partial charge in [0, 0.05) is 0 Å². The first-order chi connectivity index (χ1) is 10.9. The van der Waals surface area contributed by atoms with E-state index in [0.717, 1.165) is 35.5 Å². The highest BCUT2D eigenvalue weighted by Gasteiger charge is 2.58. The fourth-order valence-corrected chi connectivity index (χ4v) is 7.98. The Bertz CT molecular complexity index is 500. The summed E-state index contributed by atoms with van der Waals surface area (Å²) in [4.78, 5) is 0. The fourth-order valence-electron chi connectivity index (χ4n) is 7.98. The van der Waals surface area contributed by atoms with Crippen molar-refractivity contribution in [3.8, 4) is 0 Å². The zero-order chi connectivity index (χ0) is 16.4. The van der Waals surface area contributed by atoms with Gasteiger partial charge in [-0.2, -0.15) is 0 Å². The maximum atomic E-state index is 2.73. The van der Waals surface area contributed by atoms with Gasteiger partial charge in [-0.25, -0.2) is 0 Å². The Hall–Kier alpha value is -0.260. The van der Waals surface area contributed by atoms with E-state index in [2.05, 4.69) is 40.7 Å². The van der Waals surface area contributed by atoms with Crippen molar-refractivity contribution in [1.82, 2.24) is 0 Å². The Morgan fingerprint density at radius 3 is 2.52 bits per heavy atom. The van der Waals surface area contributed by atoms with Crippen molar-refractivity contribution < 1.29 is 0 Å². The van der Waals surface area contributed by atoms with Crippen molar-refractivity contribution >= 4 is 0 Å². The van der Waals surface area contributed by atoms with E-state index in [1.165, 1.54) is 51.4 Å². The Balaban J connectivity index is 1.65. The summed E-state index contributed by atoms with van der Waals surface area (Å²) in [6.07, 6.45) is 14.5. The van der Waals surface area contributed by atoms with Crippen molar-refractivity contribution in [2.24, 2.45) is 46.3 Å². The normalized spacial score (nSPS) is 52.6. The highest BCUT2D eigenvalue weighted by Crippen LogP contribution is 2.67. The second kappa shape index (κ2) is 5.37. The Kier molecular flexibility index (Phi) is 3.79. The van der Waals surface area contributed by atoms with Crippen LogP contribution in [-0.2, 0) is 0 Å². The lowest BCUT2D eigenvalue weighted by atomic mass is 9.46. The summed E-state index contributed by atoms with van der Waals surface area (Å²) in [5, 5.41) is 0. The molecule has 130 valence electrons. The molecule has 0 heterocycles. The molecular weight excluding hydrogens is 276 g/mol. The zero-order valence-electron chi connectivity index (χ0n) is 16.2. The molecule has 7 atom stereocenters. The minimum Gasteiger partial charge on any atom is -0.0845 e. The summed E-state index contributed by atoms with van der Waals surface area (Å²) in [6.45, 7) is 12.8. The van der Waals surface area contributed by atoms with Crippen LogP contribution in [0.4, 0.5) is 0 Å². The molecule has 0 nitrogen and oxygen atoms in total. The highest BCUT2D eigenvalue weighted by molar-refractivity contribution is 5.25. The van der Waals surface area contributed by atoms with Gasteiger partial charge in [0.1, 0.15) is 0 Å². The van der Waals surface area contributed by atoms with Crippen LogP contribution in [0.25, 0.3) is 0 Å². The lowest BCUT2D eigenvalue weighted by molar-refractivity contribution is -0.0503. The van der Waals surface area contributed by atoms with E-state index in [0.29, 0.717) is 10.8 Å². The van der Waals surface area contributed by atoms with Crippen molar-refractivity contribution in [2.75, 3.05) is 0 Å². The molecule has 0 heteroatoms. The molecule has 0 N–H and O–H groups in total. The van der Waals surface area contributed by atoms with Gasteiger partial charge < -0.3 is 0 Å². The molecule has 3 fully saturated rings. The molecule has 0 spiro atoms. The molecular formula is C23H38. The van der Waals surface area contributed by atoms with Gasteiger partial charge in [0.15, 0.2) is 0 Å². The molecule has 23 heavy (non-hydrogen) atoms. The maximum absolute atomic E-state index is 2.73. The summed E-state index contributed by atoms with van der Waals surface area (Å²) < 4.78 is 0. The smallest absolute Gasteiger partial charge is 0.00851 e. The van der Waals surface area contributed by atoms with E-state index < -0.39 is 0 Å². The van der Waals surface area contributed by atoms with Crippen molar-refractivity contribution in [1.29, 1.82) is 0 Å². The molecule has 0 aromatic rings. The van der Waals surface area contributed by atoms with Crippen LogP contribution in [0.1, 0.15) is 86.0 Å². The Labute approximate surface area is 144 Å². The van der Waals surface area contributed by atoms with Gasteiger partial charge in [0.25, 0.3) is 0 Å². The van der Waals surface area contributed by atoms with Gasteiger partial charge in [0.2, 0.25) is 0 Å². The molecule has 4 aliphatic carbocycles. The average Bonchev–Trinajstić information content (AvgIpc) is 2.85. The van der Waals surface area contributed by atoms with Gasteiger partial charge in [-0.15, -0.1) is 0 Å². The van der Waals surface area contributed by atoms with Crippen molar-refractivity contribution in [2.45, 2.75) is 86.0 Å². The second-order valence-electron chi connectivity index (χ2n) is 10.6. The van der Waals surface area contributed by atoms with Crippen LogP contribution in [0.15, 0.2) is 11.6 Å². The third-order valence-electron chi connectivity index (χ3n) is 9.23. The molecule has 0 saturated heterocycles. The molecule has 4 aliphatic rings. The molecule has 0 aliphatic heterocycles. The zero-order valence-corrected chi connectivity index (χ0v) is 16.2. The van der Waals surface area contributed by atoms with E-state index in [1.54, 1.807) is 0 Å². The summed E-state index contributed by atoms with van der Waals surface area (Å²) in [5.41, 5.74) is 3.07. The van der Waals surface area contributed by atoms with E-state index >= 15 is 0 Å². The van der Waals surface area contributed by atoms with Crippen LogP contribution < -0.4 is 0 Å². The van der Waals surface area contributed by atoms with Crippen molar-refractivity contribution in [3.63, 3.8) is 0 Å². The Morgan fingerprint density at radius 2 is 1.78 bits per heavy atom. The standard InChI is InChI=1S/C23H38/c1-15(2)19-8-9-20-18-7-6-17-14-16(3)10-12-22(17,4)21(18)11-13-23(19,20)5/h6,15-16,18-21H,7-14H2,1-5H3. The monoisotopic (exact) mass is 314 g/mol. The van der Waals surface area contributed by atoms with Crippen LogP contribution >= 0.6 is 0 Å². The van der Waals surface area contributed by atoms with E-state index in [4.69, 9.17) is 0 Å². The highest BCUT2D eigenvalue weighted by atomic mass is 14.6. The molecule has 3 saturated carbocycles. The quantitative estimate of drug-likeness (QED) is 0.464. The average molecular weight is 315 g/mol. The van der Waals surface area contributed by atoms with E-state index in [9.17, 15) is 0 Å². The molecule has 0 radical (unpaired) electrons. The topological polar surface area (TPSA) is 0 Å². The van der Waals surface area contributed by atoms with Crippen LogP contribution in [0, 0.1) is 46.3 Å². The van der Waals surface area contributed by atoms with Crippen LogP contribution in [0.5, 0.6) is 0 Å². The Morgan fingerprint density at radius 1 is 1.00 bits per heavy atom. The first-order valence-electron chi connectivity index (χ1n) is 10.6. The number of allylic oxidation sites excluding steroid dienone is 2. The molecule has 0 aromatic carbocycles. The minimum atomic E-state index is 0.562. The van der Waals surface area contributed by atoms with Crippen LogP contribution in [-0.4, -0.2) is 0 Å². The van der Waals surface area contributed by atoms with Crippen molar-refractivity contribution in [3.05, 3.63) is 11.6 Å². The molecule has 0 bridgehead atoms. The molecule has 7 unspecified atom stereocenters. The summed E-state index contributed by atoms with van der Waals surface area (Å²) in [6, 6.07) is 0. The van der Waals surface area contributed by atoms with Crippen LogP contribution in [0.3, 0.4) is 0 Å². The summed E-state index contributed by atoms with van der Waals surface area (Å²) in [7, 11) is 0. The number of hydrogen-bond donors (Lipinski definition) is 0. The lowest BCUT2D eigenvalue weighted by Gasteiger charge is -2.58. The third-order valence-corrected chi connectivity index (χ3v) is 9.23. The van der Waals surface area contributed by atoms with Gasteiger partial charge in [-0.05, 0) is 97.7 Å². The number of hydrogen-bond acceptors (Lipinski definition) is 0. The molecule has 0 aromatic heterocycles. The second-order valence-corrected chi connectivity index (χ2v) is 10.6. The first kappa shape index (κ1) is 16.2. The predicted octanol–water partition coefficient (Wildman–Crippen LogP) is 6.86. The first-order valence-corrected chi connectivity index (χ1v) is 10.6. The van der Waals surface area contributed by atoms with Gasteiger partial charge in [0.05, 0.1) is 0 Å². The summed E-state index contributed by atoms with van der Waals surface area (Å²) in [5.74, 6) is 5.80. The number of fused-ring (bicyclic) bond motifs is 5. The lowest BCUT2D eigenvalue weighted by Crippen LogP contribution is -2.50. The largest absolute Gasteiger partial charge is 0.0845 e. The SMILES string of the molecule is CC1CCC2(C)C(=CCC3C2CCC2(C)C(C(C)C)CCC32)C1.